The molecular formula is C17H20N2O3S. The third-order valence-electron chi connectivity index (χ3n) is 3.26. The molecule has 3 N–H and O–H groups in total. The Morgan fingerprint density at radius 3 is 2.52 bits per heavy atom. The van der Waals surface area contributed by atoms with Crippen LogP contribution in [-0.4, -0.2) is 12.0 Å². The highest BCUT2D eigenvalue weighted by atomic mass is 32.1. The number of benzene rings is 1. The maximum atomic E-state index is 12.1. The number of amides is 2. The largest absolute Gasteiger partial charge is 0.461 e. The Bertz CT molecular complexity index is 663. The van der Waals surface area contributed by atoms with Gasteiger partial charge in [0.1, 0.15) is 6.61 Å². The predicted octanol–water partition coefficient (Wildman–Crippen LogP) is 3.21. The molecule has 0 aliphatic carbocycles. The summed E-state index contributed by atoms with van der Waals surface area (Å²) < 4.78 is 5.32. The molecule has 2 rings (SSSR count). The van der Waals surface area contributed by atoms with Crippen LogP contribution in [0.5, 0.6) is 0 Å². The minimum absolute atomic E-state index is 0.0499. The molecule has 0 aliphatic rings. The molecule has 122 valence electrons. The number of thiophene rings is 1. The van der Waals surface area contributed by atoms with Crippen molar-refractivity contribution >= 4 is 23.3 Å². The second-order valence-electron chi connectivity index (χ2n) is 5.44. The van der Waals surface area contributed by atoms with Crippen LogP contribution in [0.1, 0.15) is 34.0 Å². The molecule has 0 saturated heterocycles. The smallest absolute Gasteiger partial charge is 0.312 e. The van der Waals surface area contributed by atoms with Gasteiger partial charge in [-0.25, -0.2) is 4.79 Å². The number of aryl methyl sites for hydroxylation is 2. The second kappa shape index (κ2) is 7.78. The highest BCUT2D eigenvalue weighted by molar-refractivity contribution is 7.10. The highest BCUT2D eigenvalue weighted by Crippen LogP contribution is 2.22. The molecule has 2 amide bonds. The van der Waals surface area contributed by atoms with Crippen LogP contribution in [0.2, 0.25) is 0 Å². The molecule has 2 aromatic rings. The lowest BCUT2D eigenvalue weighted by Gasteiger charge is -2.15. The van der Waals surface area contributed by atoms with E-state index in [1.807, 2.05) is 43.5 Å². The minimum Gasteiger partial charge on any atom is -0.461 e. The van der Waals surface area contributed by atoms with Crippen LogP contribution in [0.25, 0.3) is 0 Å². The van der Waals surface area contributed by atoms with Crippen LogP contribution < -0.4 is 11.1 Å². The number of nitrogens with two attached hydrogens (primary N) is 1. The Kier molecular flexibility index (Phi) is 5.76. The molecule has 1 atom stereocenters. The highest BCUT2D eigenvalue weighted by Gasteiger charge is 2.19. The Labute approximate surface area is 139 Å². The van der Waals surface area contributed by atoms with E-state index in [1.165, 1.54) is 11.3 Å². The Morgan fingerprint density at radius 1 is 1.26 bits per heavy atom. The third kappa shape index (κ3) is 5.41. The van der Waals surface area contributed by atoms with Crippen molar-refractivity contribution in [2.75, 3.05) is 0 Å². The van der Waals surface area contributed by atoms with Crippen LogP contribution in [0, 0.1) is 13.8 Å². The molecule has 1 heterocycles. The average Bonchev–Trinajstić information content (AvgIpc) is 2.97. The van der Waals surface area contributed by atoms with Gasteiger partial charge in [0, 0.05) is 4.88 Å². The number of hydrogen-bond donors (Lipinski definition) is 2. The van der Waals surface area contributed by atoms with Crippen LogP contribution >= 0.6 is 11.3 Å². The Morgan fingerprint density at radius 2 is 1.96 bits per heavy atom. The van der Waals surface area contributed by atoms with E-state index >= 15 is 0 Å². The zero-order valence-electron chi connectivity index (χ0n) is 13.2. The van der Waals surface area contributed by atoms with Gasteiger partial charge in [0.25, 0.3) is 0 Å². The van der Waals surface area contributed by atoms with Crippen molar-refractivity contribution in [2.24, 2.45) is 5.73 Å². The molecule has 6 heteroatoms. The summed E-state index contributed by atoms with van der Waals surface area (Å²) in [6, 6.07) is 8.62. The van der Waals surface area contributed by atoms with Crippen LogP contribution in [0.15, 0.2) is 35.7 Å². The summed E-state index contributed by atoms with van der Waals surface area (Å²) in [5.74, 6) is -0.378. The summed E-state index contributed by atoms with van der Waals surface area (Å²) >= 11 is 1.46. The molecule has 1 aromatic carbocycles. The summed E-state index contributed by atoms with van der Waals surface area (Å²) in [5.41, 5.74) is 8.38. The lowest BCUT2D eigenvalue weighted by atomic mass is 10.1. The fourth-order valence-corrected chi connectivity index (χ4v) is 3.20. The summed E-state index contributed by atoms with van der Waals surface area (Å²) in [6.45, 7) is 4.22. The van der Waals surface area contributed by atoms with Crippen molar-refractivity contribution in [1.82, 2.24) is 5.32 Å². The van der Waals surface area contributed by atoms with E-state index in [9.17, 15) is 9.59 Å². The first kappa shape index (κ1) is 17.0. The van der Waals surface area contributed by atoms with Crippen LogP contribution in [0.4, 0.5) is 4.79 Å². The Balaban J connectivity index is 1.95. The fourth-order valence-electron chi connectivity index (χ4n) is 2.43. The van der Waals surface area contributed by atoms with Gasteiger partial charge in [-0.05, 0) is 30.9 Å². The number of primary amides is 1. The van der Waals surface area contributed by atoms with E-state index < -0.39 is 12.1 Å². The first-order valence-corrected chi connectivity index (χ1v) is 8.14. The number of nitrogens with one attached hydrogen (secondary N) is 1. The van der Waals surface area contributed by atoms with Gasteiger partial charge < -0.3 is 15.8 Å². The van der Waals surface area contributed by atoms with Gasteiger partial charge in [-0.3, -0.25) is 4.79 Å². The maximum absolute atomic E-state index is 12.1. The number of hydrogen-bond acceptors (Lipinski definition) is 4. The molecule has 0 saturated carbocycles. The molecule has 0 radical (unpaired) electrons. The van der Waals surface area contributed by atoms with Crippen molar-refractivity contribution in [3.63, 3.8) is 0 Å². The van der Waals surface area contributed by atoms with Gasteiger partial charge in [-0.15, -0.1) is 11.3 Å². The first-order chi connectivity index (χ1) is 10.9. The van der Waals surface area contributed by atoms with Gasteiger partial charge in [-0.2, -0.15) is 0 Å². The molecule has 23 heavy (non-hydrogen) atoms. The fraction of sp³-hybridized carbons (Fsp3) is 0.294. The van der Waals surface area contributed by atoms with E-state index in [0.29, 0.717) is 0 Å². The number of carbonyl (C=O) groups excluding carboxylic acids is 2. The average molecular weight is 332 g/mol. The molecular weight excluding hydrogens is 312 g/mol. The molecule has 1 aromatic heterocycles. The summed E-state index contributed by atoms with van der Waals surface area (Å²) in [6.07, 6.45) is 0.0499. The third-order valence-corrected chi connectivity index (χ3v) is 4.24. The standard InChI is InChI=1S/C17H20N2O3S/c1-11-6-12(2)8-13(7-11)10-22-16(20)9-14(19-17(18)21)15-4-3-5-23-15/h3-8,14H,9-10H2,1-2H3,(H3,18,19,21). The normalized spacial score (nSPS) is 11.7. The van der Waals surface area contributed by atoms with Gasteiger partial charge >= 0.3 is 12.0 Å². The molecule has 5 nitrogen and oxygen atoms in total. The first-order valence-electron chi connectivity index (χ1n) is 7.26. The van der Waals surface area contributed by atoms with E-state index in [0.717, 1.165) is 21.6 Å². The van der Waals surface area contributed by atoms with Gasteiger partial charge in [0.05, 0.1) is 12.5 Å². The van der Waals surface area contributed by atoms with E-state index in [1.54, 1.807) is 0 Å². The number of urea groups is 1. The predicted molar refractivity (Wildman–Crippen MR) is 90.1 cm³/mol. The van der Waals surface area contributed by atoms with Crippen molar-refractivity contribution < 1.29 is 14.3 Å². The Hall–Kier alpha value is -2.34. The van der Waals surface area contributed by atoms with Crippen LogP contribution in [-0.2, 0) is 16.1 Å². The monoisotopic (exact) mass is 332 g/mol. The zero-order valence-corrected chi connectivity index (χ0v) is 14.0. The number of esters is 1. The van der Waals surface area contributed by atoms with Crippen molar-refractivity contribution in [2.45, 2.75) is 32.9 Å². The molecule has 0 aliphatic heterocycles. The lowest BCUT2D eigenvalue weighted by molar-refractivity contribution is -0.145. The van der Waals surface area contributed by atoms with Crippen molar-refractivity contribution in [3.05, 3.63) is 57.3 Å². The van der Waals surface area contributed by atoms with E-state index in [-0.39, 0.29) is 19.0 Å². The summed E-state index contributed by atoms with van der Waals surface area (Å²) in [5, 5.41) is 4.46. The molecule has 0 spiro atoms. The van der Waals surface area contributed by atoms with Crippen molar-refractivity contribution in [3.8, 4) is 0 Å². The maximum Gasteiger partial charge on any atom is 0.312 e. The van der Waals surface area contributed by atoms with Gasteiger partial charge in [0.15, 0.2) is 0 Å². The van der Waals surface area contributed by atoms with Gasteiger partial charge in [0.2, 0.25) is 0 Å². The second-order valence-corrected chi connectivity index (χ2v) is 6.42. The molecule has 0 fully saturated rings. The quantitative estimate of drug-likeness (QED) is 0.797. The summed E-state index contributed by atoms with van der Waals surface area (Å²) in [4.78, 5) is 24.0. The SMILES string of the molecule is Cc1cc(C)cc(COC(=O)CC(NC(N)=O)c2cccs2)c1. The molecule has 0 bridgehead atoms. The zero-order chi connectivity index (χ0) is 16.8. The van der Waals surface area contributed by atoms with E-state index in [4.69, 9.17) is 10.5 Å². The van der Waals surface area contributed by atoms with Gasteiger partial charge in [-0.1, -0.05) is 35.4 Å². The topological polar surface area (TPSA) is 81.4 Å². The van der Waals surface area contributed by atoms with Crippen molar-refractivity contribution in [1.29, 1.82) is 0 Å². The number of rotatable bonds is 6. The molecule has 1 unspecified atom stereocenters. The van der Waals surface area contributed by atoms with Crippen LogP contribution in [0.3, 0.4) is 0 Å². The number of carbonyl (C=O) groups is 2. The number of ether oxygens (including phenoxy) is 1. The summed E-state index contributed by atoms with van der Waals surface area (Å²) in [7, 11) is 0. The minimum atomic E-state index is -0.662. The van der Waals surface area contributed by atoms with E-state index in [2.05, 4.69) is 11.4 Å². The lowest BCUT2D eigenvalue weighted by Crippen LogP contribution is -2.34.